The Balaban J connectivity index is 1.68. The second kappa shape index (κ2) is 8.54. The number of ether oxygens (including phenoxy) is 2. The number of hydrogen-bond acceptors (Lipinski definition) is 6. The molecule has 1 aromatic heterocycles. The minimum absolute atomic E-state index is 0.282. The molecule has 1 amide bonds. The molecule has 1 saturated heterocycles. The predicted octanol–water partition coefficient (Wildman–Crippen LogP) is 2.99. The zero-order valence-electron chi connectivity index (χ0n) is 15.7. The molecule has 1 fully saturated rings. The van der Waals surface area contributed by atoms with Gasteiger partial charge in [-0.05, 0) is 44.5 Å². The van der Waals surface area contributed by atoms with E-state index in [1.807, 2.05) is 18.7 Å². The minimum Gasteiger partial charge on any atom is -0.481 e. The van der Waals surface area contributed by atoms with E-state index in [1.54, 1.807) is 31.2 Å². The third kappa shape index (κ3) is 5.08. The summed E-state index contributed by atoms with van der Waals surface area (Å²) < 4.78 is 11.1. The van der Waals surface area contributed by atoms with E-state index >= 15 is 0 Å². The third-order valence-electron chi connectivity index (χ3n) is 4.20. The SMILES string of the molecule is Cc1cc(NC(=O)[C@H](C)Oc2ccc(Cl)cc2C)nc(N2CCOCC2)n1. The van der Waals surface area contributed by atoms with Crippen molar-refractivity contribution in [3.05, 3.63) is 40.5 Å². The van der Waals surface area contributed by atoms with Crippen LogP contribution in [0, 0.1) is 13.8 Å². The van der Waals surface area contributed by atoms with Gasteiger partial charge in [0.2, 0.25) is 5.95 Å². The summed E-state index contributed by atoms with van der Waals surface area (Å²) in [5, 5.41) is 3.44. The van der Waals surface area contributed by atoms with Gasteiger partial charge < -0.3 is 19.7 Å². The minimum atomic E-state index is -0.688. The van der Waals surface area contributed by atoms with Crippen LogP contribution in [-0.4, -0.2) is 48.3 Å². The van der Waals surface area contributed by atoms with Crippen LogP contribution in [0.5, 0.6) is 5.75 Å². The number of aryl methyl sites for hydroxylation is 2. The van der Waals surface area contributed by atoms with Gasteiger partial charge in [-0.3, -0.25) is 4.79 Å². The number of aromatic nitrogens is 2. The molecule has 0 unspecified atom stereocenters. The van der Waals surface area contributed by atoms with E-state index in [0.29, 0.717) is 35.8 Å². The van der Waals surface area contributed by atoms with Crippen molar-refractivity contribution in [2.45, 2.75) is 26.9 Å². The molecule has 1 aliphatic rings. The number of rotatable bonds is 5. The molecule has 0 aliphatic carbocycles. The Kier molecular flexibility index (Phi) is 6.13. The van der Waals surface area contributed by atoms with Crippen LogP contribution in [0.25, 0.3) is 0 Å². The van der Waals surface area contributed by atoms with Gasteiger partial charge in [-0.15, -0.1) is 0 Å². The van der Waals surface area contributed by atoms with Crippen LogP contribution in [0.15, 0.2) is 24.3 Å². The van der Waals surface area contributed by atoms with Gasteiger partial charge in [0.1, 0.15) is 11.6 Å². The molecule has 3 rings (SSSR count). The standard InChI is InChI=1S/C19H23ClN4O3/c1-12-10-15(20)4-5-16(12)27-14(3)18(25)22-17-11-13(2)21-19(23-17)24-6-8-26-9-7-24/h4-5,10-11,14H,6-9H2,1-3H3,(H,21,22,23,25)/t14-/m0/s1. The molecule has 1 aromatic carbocycles. The first-order valence-corrected chi connectivity index (χ1v) is 9.22. The van der Waals surface area contributed by atoms with Crippen LogP contribution in [-0.2, 0) is 9.53 Å². The molecule has 1 atom stereocenters. The fourth-order valence-corrected chi connectivity index (χ4v) is 2.97. The normalized spacial score (nSPS) is 15.3. The highest BCUT2D eigenvalue weighted by molar-refractivity contribution is 6.30. The number of halogens is 1. The summed E-state index contributed by atoms with van der Waals surface area (Å²) in [5.41, 5.74) is 1.65. The summed E-state index contributed by atoms with van der Waals surface area (Å²) >= 11 is 5.96. The first-order valence-electron chi connectivity index (χ1n) is 8.84. The van der Waals surface area contributed by atoms with Crippen molar-refractivity contribution in [3.63, 3.8) is 0 Å². The van der Waals surface area contributed by atoms with Gasteiger partial charge in [0, 0.05) is 29.9 Å². The fourth-order valence-electron chi connectivity index (χ4n) is 2.74. The molecule has 1 N–H and O–H groups in total. The highest BCUT2D eigenvalue weighted by Gasteiger charge is 2.19. The lowest BCUT2D eigenvalue weighted by molar-refractivity contribution is -0.122. The Hall–Kier alpha value is -2.38. The maximum absolute atomic E-state index is 12.5. The van der Waals surface area contributed by atoms with E-state index in [9.17, 15) is 4.79 Å². The van der Waals surface area contributed by atoms with Crippen molar-refractivity contribution in [1.82, 2.24) is 9.97 Å². The number of nitrogens with zero attached hydrogens (tertiary/aromatic N) is 3. The molecule has 0 saturated carbocycles. The Morgan fingerprint density at radius 1 is 1.26 bits per heavy atom. The molecular weight excluding hydrogens is 368 g/mol. The number of morpholine rings is 1. The second-order valence-electron chi connectivity index (χ2n) is 6.45. The molecule has 2 heterocycles. The molecule has 0 bridgehead atoms. The van der Waals surface area contributed by atoms with Crippen molar-refractivity contribution < 1.29 is 14.3 Å². The van der Waals surface area contributed by atoms with Crippen molar-refractivity contribution in [2.24, 2.45) is 0 Å². The summed E-state index contributed by atoms with van der Waals surface area (Å²) in [4.78, 5) is 23.5. The largest absolute Gasteiger partial charge is 0.481 e. The molecule has 0 spiro atoms. The van der Waals surface area contributed by atoms with Crippen molar-refractivity contribution in [1.29, 1.82) is 0 Å². The van der Waals surface area contributed by atoms with Crippen molar-refractivity contribution in [3.8, 4) is 5.75 Å². The van der Waals surface area contributed by atoms with Crippen LogP contribution in [0.4, 0.5) is 11.8 Å². The molecule has 27 heavy (non-hydrogen) atoms. The molecule has 144 valence electrons. The van der Waals surface area contributed by atoms with Crippen LogP contribution in [0.2, 0.25) is 5.02 Å². The molecule has 0 radical (unpaired) electrons. The van der Waals surface area contributed by atoms with Crippen LogP contribution < -0.4 is 15.0 Å². The van der Waals surface area contributed by atoms with E-state index in [-0.39, 0.29) is 5.91 Å². The Morgan fingerprint density at radius 3 is 2.70 bits per heavy atom. The number of amides is 1. The lowest BCUT2D eigenvalue weighted by Crippen LogP contribution is -2.37. The zero-order chi connectivity index (χ0) is 19.4. The number of benzene rings is 1. The average molecular weight is 391 g/mol. The van der Waals surface area contributed by atoms with E-state index in [0.717, 1.165) is 24.3 Å². The Bertz CT molecular complexity index is 825. The quantitative estimate of drug-likeness (QED) is 0.845. The molecule has 8 heteroatoms. The van der Waals surface area contributed by atoms with Gasteiger partial charge in [0.25, 0.3) is 5.91 Å². The van der Waals surface area contributed by atoms with Gasteiger partial charge in [-0.25, -0.2) is 4.98 Å². The lowest BCUT2D eigenvalue weighted by Gasteiger charge is -2.27. The van der Waals surface area contributed by atoms with Gasteiger partial charge in [-0.1, -0.05) is 11.6 Å². The molecule has 1 aliphatic heterocycles. The summed E-state index contributed by atoms with van der Waals surface area (Å²) in [6, 6.07) is 7.02. The number of nitrogens with one attached hydrogen (secondary N) is 1. The first kappa shape index (κ1) is 19.4. The van der Waals surface area contributed by atoms with E-state index < -0.39 is 6.10 Å². The summed E-state index contributed by atoms with van der Waals surface area (Å²) in [6.07, 6.45) is -0.688. The number of carbonyl (C=O) groups excluding carboxylic acids is 1. The molecular formula is C19H23ClN4O3. The maximum Gasteiger partial charge on any atom is 0.266 e. The summed E-state index contributed by atoms with van der Waals surface area (Å²) in [6.45, 7) is 8.19. The van der Waals surface area contributed by atoms with Crippen molar-refractivity contribution >= 4 is 29.3 Å². The Morgan fingerprint density at radius 2 is 2.00 bits per heavy atom. The van der Waals surface area contributed by atoms with Gasteiger partial charge >= 0.3 is 0 Å². The van der Waals surface area contributed by atoms with Gasteiger partial charge in [0.05, 0.1) is 13.2 Å². The van der Waals surface area contributed by atoms with Crippen LogP contribution >= 0.6 is 11.6 Å². The number of carbonyl (C=O) groups is 1. The summed E-state index contributed by atoms with van der Waals surface area (Å²) in [5.74, 6) is 1.39. The monoisotopic (exact) mass is 390 g/mol. The zero-order valence-corrected chi connectivity index (χ0v) is 16.4. The van der Waals surface area contributed by atoms with E-state index in [2.05, 4.69) is 15.3 Å². The second-order valence-corrected chi connectivity index (χ2v) is 6.89. The topological polar surface area (TPSA) is 76.6 Å². The highest BCUT2D eigenvalue weighted by atomic mass is 35.5. The third-order valence-corrected chi connectivity index (χ3v) is 4.43. The highest BCUT2D eigenvalue weighted by Crippen LogP contribution is 2.23. The van der Waals surface area contributed by atoms with E-state index in [1.165, 1.54) is 0 Å². The Labute approximate surface area is 163 Å². The summed E-state index contributed by atoms with van der Waals surface area (Å²) in [7, 11) is 0. The van der Waals surface area contributed by atoms with Gasteiger partial charge in [-0.2, -0.15) is 4.98 Å². The molecule has 2 aromatic rings. The van der Waals surface area contributed by atoms with Crippen LogP contribution in [0.1, 0.15) is 18.2 Å². The average Bonchev–Trinajstić information content (AvgIpc) is 2.64. The number of hydrogen-bond donors (Lipinski definition) is 1. The van der Waals surface area contributed by atoms with Crippen molar-refractivity contribution in [2.75, 3.05) is 36.5 Å². The van der Waals surface area contributed by atoms with E-state index in [4.69, 9.17) is 21.1 Å². The number of anilines is 2. The lowest BCUT2D eigenvalue weighted by atomic mass is 10.2. The molecule has 7 nitrogen and oxygen atoms in total. The first-order chi connectivity index (χ1) is 12.9. The predicted molar refractivity (Wildman–Crippen MR) is 105 cm³/mol. The smallest absolute Gasteiger partial charge is 0.266 e. The maximum atomic E-state index is 12.5. The van der Waals surface area contributed by atoms with Gasteiger partial charge in [0.15, 0.2) is 6.10 Å². The van der Waals surface area contributed by atoms with Crippen LogP contribution in [0.3, 0.4) is 0 Å². The fraction of sp³-hybridized carbons (Fsp3) is 0.421.